The molecular weight excluding hydrogens is 400 g/mol. The molecule has 1 aromatic heterocycles. The van der Waals surface area contributed by atoms with E-state index in [1.165, 1.54) is 0 Å². The van der Waals surface area contributed by atoms with Crippen molar-refractivity contribution >= 4 is 11.8 Å². The first-order valence-corrected chi connectivity index (χ1v) is 11.0. The molecule has 2 aromatic carbocycles. The third-order valence-electron chi connectivity index (χ3n) is 5.21. The normalized spacial score (nSPS) is 10.9. The first-order valence-electron chi connectivity index (χ1n) is 11.0. The predicted molar refractivity (Wildman–Crippen MR) is 126 cm³/mol. The van der Waals surface area contributed by atoms with E-state index in [0.29, 0.717) is 25.2 Å². The second-order valence-electron chi connectivity index (χ2n) is 8.69. The quantitative estimate of drug-likeness (QED) is 0.466. The molecule has 32 heavy (non-hydrogen) atoms. The van der Waals surface area contributed by atoms with Crippen LogP contribution in [0.3, 0.4) is 0 Å². The molecule has 3 aromatic rings. The van der Waals surface area contributed by atoms with Gasteiger partial charge in [0.2, 0.25) is 5.91 Å². The SMILES string of the molecule is Cc1ccc(C(=O)N(CC(=O)N(Cc2ccccc2)Cc2ccc(C)o2)CC(C)C)cc1. The molecule has 0 radical (unpaired) electrons. The van der Waals surface area contributed by atoms with Gasteiger partial charge in [-0.1, -0.05) is 61.9 Å². The summed E-state index contributed by atoms with van der Waals surface area (Å²) in [7, 11) is 0. The van der Waals surface area contributed by atoms with Crippen LogP contribution in [0.2, 0.25) is 0 Å². The Labute approximate surface area is 190 Å². The molecule has 5 heteroatoms. The summed E-state index contributed by atoms with van der Waals surface area (Å²) in [6, 6.07) is 21.1. The van der Waals surface area contributed by atoms with E-state index in [4.69, 9.17) is 4.42 Å². The number of hydrogen-bond acceptors (Lipinski definition) is 3. The van der Waals surface area contributed by atoms with Crippen molar-refractivity contribution in [2.45, 2.75) is 40.8 Å². The van der Waals surface area contributed by atoms with Crippen molar-refractivity contribution in [3.63, 3.8) is 0 Å². The van der Waals surface area contributed by atoms with Gasteiger partial charge in [-0.25, -0.2) is 0 Å². The molecule has 2 amide bonds. The highest BCUT2D eigenvalue weighted by atomic mass is 16.3. The average molecular weight is 433 g/mol. The molecule has 3 rings (SSSR count). The van der Waals surface area contributed by atoms with E-state index < -0.39 is 0 Å². The third-order valence-corrected chi connectivity index (χ3v) is 5.21. The lowest BCUT2D eigenvalue weighted by atomic mass is 10.1. The van der Waals surface area contributed by atoms with Crippen molar-refractivity contribution in [2.24, 2.45) is 5.92 Å². The molecule has 5 nitrogen and oxygen atoms in total. The molecule has 0 saturated carbocycles. The fourth-order valence-electron chi connectivity index (χ4n) is 3.60. The van der Waals surface area contributed by atoms with Crippen LogP contribution in [0.1, 0.15) is 46.9 Å². The predicted octanol–water partition coefficient (Wildman–Crippen LogP) is 5.22. The van der Waals surface area contributed by atoms with Gasteiger partial charge in [0.1, 0.15) is 18.1 Å². The van der Waals surface area contributed by atoms with Crippen LogP contribution in [0.4, 0.5) is 0 Å². The zero-order valence-electron chi connectivity index (χ0n) is 19.4. The number of nitrogens with zero attached hydrogens (tertiary/aromatic N) is 2. The van der Waals surface area contributed by atoms with Gasteiger partial charge in [-0.15, -0.1) is 0 Å². The molecule has 0 fully saturated rings. The van der Waals surface area contributed by atoms with Crippen LogP contribution in [0.15, 0.2) is 71.1 Å². The lowest BCUT2D eigenvalue weighted by Gasteiger charge is -2.28. The Bertz CT molecular complexity index is 1020. The maximum atomic E-state index is 13.4. The van der Waals surface area contributed by atoms with Gasteiger partial charge in [-0.3, -0.25) is 9.59 Å². The van der Waals surface area contributed by atoms with Gasteiger partial charge in [-0.2, -0.15) is 0 Å². The van der Waals surface area contributed by atoms with E-state index >= 15 is 0 Å². The van der Waals surface area contributed by atoms with Crippen LogP contribution in [-0.2, 0) is 17.9 Å². The largest absolute Gasteiger partial charge is 0.464 e. The van der Waals surface area contributed by atoms with E-state index in [9.17, 15) is 9.59 Å². The van der Waals surface area contributed by atoms with Crippen molar-refractivity contribution in [1.29, 1.82) is 0 Å². The summed E-state index contributed by atoms with van der Waals surface area (Å²) in [5.41, 5.74) is 2.72. The Hall–Kier alpha value is -3.34. The fraction of sp³-hybridized carbons (Fsp3) is 0.333. The summed E-state index contributed by atoms with van der Waals surface area (Å²) in [6.07, 6.45) is 0. The van der Waals surface area contributed by atoms with E-state index in [0.717, 1.165) is 22.6 Å². The highest BCUT2D eigenvalue weighted by Gasteiger charge is 2.24. The monoisotopic (exact) mass is 432 g/mol. The first-order chi connectivity index (χ1) is 15.3. The topological polar surface area (TPSA) is 53.8 Å². The van der Waals surface area contributed by atoms with Crippen LogP contribution in [0, 0.1) is 19.8 Å². The average Bonchev–Trinajstić information content (AvgIpc) is 3.18. The Kier molecular flexibility index (Phi) is 7.87. The Morgan fingerprint density at radius 3 is 2.12 bits per heavy atom. The summed E-state index contributed by atoms with van der Waals surface area (Å²) in [5, 5.41) is 0. The van der Waals surface area contributed by atoms with Crippen molar-refractivity contribution < 1.29 is 14.0 Å². The van der Waals surface area contributed by atoms with E-state index in [1.54, 1.807) is 9.80 Å². The van der Waals surface area contributed by atoms with Crippen molar-refractivity contribution in [1.82, 2.24) is 9.80 Å². The van der Waals surface area contributed by atoms with Gasteiger partial charge in [0.25, 0.3) is 5.91 Å². The van der Waals surface area contributed by atoms with Gasteiger partial charge < -0.3 is 14.2 Å². The van der Waals surface area contributed by atoms with Crippen molar-refractivity contribution in [2.75, 3.05) is 13.1 Å². The number of carbonyl (C=O) groups is 2. The number of benzene rings is 2. The molecule has 1 heterocycles. The summed E-state index contributed by atoms with van der Waals surface area (Å²) in [6.45, 7) is 9.32. The molecule has 0 saturated heterocycles. The van der Waals surface area contributed by atoms with Gasteiger partial charge in [0.15, 0.2) is 0 Å². The van der Waals surface area contributed by atoms with Gasteiger partial charge in [-0.05, 0) is 49.6 Å². The molecule has 0 unspecified atom stereocenters. The van der Waals surface area contributed by atoms with Gasteiger partial charge >= 0.3 is 0 Å². The molecule has 0 N–H and O–H groups in total. The second kappa shape index (κ2) is 10.8. The maximum absolute atomic E-state index is 13.4. The number of carbonyl (C=O) groups excluding carboxylic acids is 2. The first kappa shape index (κ1) is 23.3. The molecule has 168 valence electrons. The highest BCUT2D eigenvalue weighted by Crippen LogP contribution is 2.15. The summed E-state index contributed by atoms with van der Waals surface area (Å²) in [4.78, 5) is 30.0. The van der Waals surface area contributed by atoms with Crippen molar-refractivity contribution in [3.05, 3.63) is 94.9 Å². The minimum atomic E-state index is -0.124. The fourth-order valence-corrected chi connectivity index (χ4v) is 3.60. The molecule has 0 aliphatic carbocycles. The van der Waals surface area contributed by atoms with E-state index in [2.05, 4.69) is 0 Å². The van der Waals surface area contributed by atoms with Gasteiger partial charge in [0, 0.05) is 18.7 Å². The van der Waals surface area contributed by atoms with Gasteiger partial charge in [0.05, 0.1) is 6.54 Å². The van der Waals surface area contributed by atoms with E-state index in [1.807, 2.05) is 94.4 Å². The van der Waals surface area contributed by atoms with Crippen LogP contribution < -0.4 is 0 Å². The zero-order valence-corrected chi connectivity index (χ0v) is 19.4. The zero-order chi connectivity index (χ0) is 23.1. The number of furan rings is 1. The molecule has 0 aliphatic heterocycles. The smallest absolute Gasteiger partial charge is 0.254 e. The molecule has 0 atom stereocenters. The number of amides is 2. The van der Waals surface area contributed by atoms with Crippen molar-refractivity contribution in [3.8, 4) is 0 Å². The lowest BCUT2D eigenvalue weighted by molar-refractivity contribution is -0.133. The molecule has 0 bridgehead atoms. The molecular formula is C27H32N2O3. The Morgan fingerprint density at radius 2 is 1.53 bits per heavy atom. The highest BCUT2D eigenvalue weighted by molar-refractivity contribution is 5.96. The summed E-state index contributed by atoms with van der Waals surface area (Å²) in [5.74, 6) is 1.55. The lowest BCUT2D eigenvalue weighted by Crippen LogP contribution is -2.43. The summed E-state index contributed by atoms with van der Waals surface area (Å²) < 4.78 is 5.72. The Balaban J connectivity index is 1.81. The second-order valence-corrected chi connectivity index (χ2v) is 8.69. The number of hydrogen-bond donors (Lipinski definition) is 0. The maximum Gasteiger partial charge on any atom is 0.254 e. The number of aryl methyl sites for hydroxylation is 2. The minimum absolute atomic E-state index is 0.0252. The molecule has 0 spiro atoms. The van der Waals surface area contributed by atoms with Crippen LogP contribution >= 0.6 is 0 Å². The Morgan fingerprint density at radius 1 is 0.844 bits per heavy atom. The van der Waals surface area contributed by atoms with E-state index in [-0.39, 0.29) is 24.3 Å². The molecule has 0 aliphatic rings. The third kappa shape index (κ3) is 6.58. The van der Waals surface area contributed by atoms with Crippen LogP contribution in [0.5, 0.6) is 0 Å². The minimum Gasteiger partial charge on any atom is -0.464 e. The van der Waals surface area contributed by atoms with Crippen LogP contribution in [-0.4, -0.2) is 34.7 Å². The van der Waals surface area contributed by atoms with Crippen LogP contribution in [0.25, 0.3) is 0 Å². The number of rotatable bonds is 9. The standard InChI is InChI=1S/C27H32N2O3/c1-20(2)16-29(27(31)24-13-10-21(3)11-14-24)19-26(30)28(17-23-8-6-5-7-9-23)18-25-15-12-22(4)32-25/h5-15,20H,16-19H2,1-4H3. The summed E-state index contributed by atoms with van der Waals surface area (Å²) >= 11 is 0.